The van der Waals surface area contributed by atoms with Crippen LogP contribution in [0.4, 0.5) is 5.88 Å². The first-order valence-electron chi connectivity index (χ1n) is 7.54. The zero-order chi connectivity index (χ0) is 18.0. The molecule has 9 heteroatoms. The molecule has 8 nitrogen and oxygen atoms in total. The molecule has 0 spiro atoms. The number of amides is 1. The number of carbonyl (C=O) groups excluding carboxylic acids is 1. The van der Waals surface area contributed by atoms with Crippen LogP contribution >= 0.6 is 11.3 Å². The maximum absolute atomic E-state index is 12.3. The Morgan fingerprint density at radius 3 is 2.84 bits per heavy atom. The highest BCUT2D eigenvalue weighted by Crippen LogP contribution is 2.23. The van der Waals surface area contributed by atoms with E-state index in [0.717, 1.165) is 28.5 Å². The van der Waals surface area contributed by atoms with Crippen LogP contribution < -0.4 is 9.54 Å². The summed E-state index contributed by atoms with van der Waals surface area (Å²) in [6.07, 6.45) is 0.858. The molecule has 0 saturated heterocycles. The van der Waals surface area contributed by atoms with Gasteiger partial charge in [-0.1, -0.05) is 18.3 Å². The predicted octanol–water partition coefficient (Wildman–Crippen LogP) is 3.36. The lowest BCUT2D eigenvalue weighted by atomic mass is 10.3. The Kier molecular flexibility index (Phi) is 4.66. The van der Waals surface area contributed by atoms with Crippen molar-refractivity contribution in [1.82, 2.24) is 4.57 Å². The SMILES string of the molecule is CCCn1c(=NC(=O)c2ccc([N+](=O)[O-])o2)sc2ccc(OC)cc21. The topological polar surface area (TPSA) is 99.9 Å². The number of thiazole rings is 1. The van der Waals surface area contributed by atoms with Crippen molar-refractivity contribution in [1.29, 1.82) is 0 Å². The maximum Gasteiger partial charge on any atom is 0.433 e. The minimum atomic E-state index is -0.695. The van der Waals surface area contributed by atoms with Gasteiger partial charge in [-0.15, -0.1) is 0 Å². The van der Waals surface area contributed by atoms with Gasteiger partial charge in [-0.05, 0) is 24.6 Å². The molecule has 0 fully saturated rings. The number of benzene rings is 1. The number of hydrogen-bond donors (Lipinski definition) is 0. The molecule has 0 atom stereocenters. The standard InChI is InChI=1S/C16H15N3O5S/c1-3-8-18-11-9-10(23-2)4-6-13(11)25-16(18)17-15(20)12-5-7-14(24-12)19(21)22/h4-7,9H,3,8H2,1-2H3. The molecule has 0 aliphatic carbocycles. The molecular formula is C16H15N3O5S. The van der Waals surface area contributed by atoms with Gasteiger partial charge >= 0.3 is 11.8 Å². The van der Waals surface area contributed by atoms with Gasteiger partial charge in [0.05, 0.1) is 23.4 Å². The summed E-state index contributed by atoms with van der Waals surface area (Å²) in [5, 5.41) is 10.7. The van der Waals surface area contributed by atoms with E-state index in [4.69, 9.17) is 9.15 Å². The van der Waals surface area contributed by atoms with E-state index in [1.165, 1.54) is 17.4 Å². The molecule has 130 valence electrons. The smallest absolute Gasteiger partial charge is 0.433 e. The fourth-order valence-electron chi connectivity index (χ4n) is 2.38. The van der Waals surface area contributed by atoms with Crippen LogP contribution in [0.15, 0.2) is 39.7 Å². The number of furan rings is 1. The third-order valence-electron chi connectivity index (χ3n) is 3.52. The van der Waals surface area contributed by atoms with Gasteiger partial charge in [0, 0.05) is 12.6 Å². The number of methoxy groups -OCH3 is 1. The number of nitrogens with zero attached hydrogens (tertiary/aromatic N) is 3. The van der Waals surface area contributed by atoms with Gasteiger partial charge in [0.2, 0.25) is 5.76 Å². The Hall–Kier alpha value is -2.94. The minimum absolute atomic E-state index is 0.162. The fourth-order valence-corrected chi connectivity index (χ4v) is 3.42. The van der Waals surface area contributed by atoms with E-state index in [2.05, 4.69) is 4.99 Å². The minimum Gasteiger partial charge on any atom is -0.497 e. The van der Waals surface area contributed by atoms with Gasteiger partial charge < -0.3 is 13.7 Å². The third-order valence-corrected chi connectivity index (χ3v) is 4.58. The first kappa shape index (κ1) is 16.9. The molecule has 0 aliphatic rings. The highest BCUT2D eigenvalue weighted by molar-refractivity contribution is 7.16. The molecule has 2 aromatic heterocycles. The molecule has 3 aromatic rings. The second-order valence-electron chi connectivity index (χ2n) is 5.18. The molecule has 0 radical (unpaired) electrons. The monoisotopic (exact) mass is 361 g/mol. The predicted molar refractivity (Wildman–Crippen MR) is 91.9 cm³/mol. The summed E-state index contributed by atoms with van der Waals surface area (Å²) in [7, 11) is 1.59. The Labute approximate surface area is 146 Å². The molecule has 3 rings (SSSR count). The summed E-state index contributed by atoms with van der Waals surface area (Å²) in [6.45, 7) is 2.70. The molecule has 0 unspecified atom stereocenters. The quantitative estimate of drug-likeness (QED) is 0.512. The van der Waals surface area contributed by atoms with Crippen LogP contribution in [-0.4, -0.2) is 22.5 Å². The van der Waals surface area contributed by atoms with E-state index in [1.807, 2.05) is 29.7 Å². The number of nitro groups is 1. The molecule has 1 aromatic carbocycles. The van der Waals surface area contributed by atoms with Crippen molar-refractivity contribution < 1.29 is 18.9 Å². The Balaban J connectivity index is 2.09. The summed E-state index contributed by atoms with van der Waals surface area (Å²) < 4.78 is 13.1. The van der Waals surface area contributed by atoms with Crippen molar-refractivity contribution in [3.05, 3.63) is 51.0 Å². The second kappa shape index (κ2) is 6.89. The van der Waals surface area contributed by atoms with E-state index >= 15 is 0 Å². The highest BCUT2D eigenvalue weighted by Gasteiger charge is 2.17. The van der Waals surface area contributed by atoms with Gasteiger partial charge in [0.15, 0.2) is 4.80 Å². The highest BCUT2D eigenvalue weighted by atomic mass is 32.1. The largest absolute Gasteiger partial charge is 0.497 e. The van der Waals surface area contributed by atoms with Crippen LogP contribution in [-0.2, 0) is 6.54 Å². The summed E-state index contributed by atoms with van der Waals surface area (Å²) in [5.41, 5.74) is 0.920. The maximum atomic E-state index is 12.3. The number of ether oxygens (including phenoxy) is 1. The molecular weight excluding hydrogens is 346 g/mol. The third kappa shape index (κ3) is 3.31. The van der Waals surface area contributed by atoms with Gasteiger partial charge in [-0.2, -0.15) is 4.99 Å². The lowest BCUT2D eigenvalue weighted by Gasteiger charge is -2.04. The zero-order valence-electron chi connectivity index (χ0n) is 13.6. The van der Waals surface area contributed by atoms with Gasteiger partial charge in [-0.3, -0.25) is 14.9 Å². The first-order valence-corrected chi connectivity index (χ1v) is 8.35. The number of aromatic nitrogens is 1. The van der Waals surface area contributed by atoms with Crippen molar-refractivity contribution in [2.45, 2.75) is 19.9 Å². The van der Waals surface area contributed by atoms with Crippen LogP contribution in [0.1, 0.15) is 23.9 Å². The lowest BCUT2D eigenvalue weighted by molar-refractivity contribution is -0.402. The van der Waals surface area contributed by atoms with Crippen molar-refractivity contribution in [3.63, 3.8) is 0 Å². The van der Waals surface area contributed by atoms with E-state index in [0.29, 0.717) is 11.3 Å². The van der Waals surface area contributed by atoms with E-state index in [1.54, 1.807) is 7.11 Å². The summed E-state index contributed by atoms with van der Waals surface area (Å²) in [4.78, 5) is 26.9. The van der Waals surface area contributed by atoms with Gasteiger partial charge in [0.1, 0.15) is 10.7 Å². The molecule has 2 heterocycles. The van der Waals surface area contributed by atoms with Crippen molar-refractivity contribution >= 4 is 33.3 Å². The second-order valence-corrected chi connectivity index (χ2v) is 6.19. The number of carbonyl (C=O) groups is 1. The van der Waals surface area contributed by atoms with Crippen molar-refractivity contribution in [2.75, 3.05) is 7.11 Å². The van der Waals surface area contributed by atoms with Gasteiger partial charge in [-0.25, -0.2) is 0 Å². The fraction of sp³-hybridized carbons (Fsp3) is 0.250. The number of aryl methyl sites for hydroxylation is 1. The van der Waals surface area contributed by atoms with Crippen LogP contribution in [0.3, 0.4) is 0 Å². The summed E-state index contributed by atoms with van der Waals surface area (Å²) in [5.74, 6) is -0.586. The normalized spacial score (nSPS) is 11.8. The van der Waals surface area contributed by atoms with Crippen LogP contribution in [0.5, 0.6) is 5.75 Å². The first-order chi connectivity index (χ1) is 12.0. The Morgan fingerprint density at radius 1 is 1.40 bits per heavy atom. The summed E-state index contributed by atoms with van der Waals surface area (Å²) >= 11 is 1.36. The van der Waals surface area contributed by atoms with Crippen molar-refractivity contribution in [2.24, 2.45) is 4.99 Å². The Morgan fingerprint density at radius 2 is 2.20 bits per heavy atom. The van der Waals surface area contributed by atoms with E-state index in [9.17, 15) is 14.9 Å². The molecule has 0 bridgehead atoms. The number of fused-ring (bicyclic) bond motifs is 1. The van der Waals surface area contributed by atoms with Gasteiger partial charge in [0.25, 0.3) is 0 Å². The van der Waals surface area contributed by atoms with Crippen LogP contribution in [0.2, 0.25) is 0 Å². The molecule has 1 amide bonds. The number of rotatable bonds is 5. The molecule has 0 saturated carbocycles. The average molecular weight is 361 g/mol. The zero-order valence-corrected chi connectivity index (χ0v) is 14.4. The Bertz CT molecular complexity index is 1010. The van der Waals surface area contributed by atoms with Crippen LogP contribution in [0.25, 0.3) is 10.2 Å². The van der Waals surface area contributed by atoms with Crippen molar-refractivity contribution in [3.8, 4) is 5.75 Å². The molecule has 0 aliphatic heterocycles. The average Bonchev–Trinajstić information content (AvgIpc) is 3.21. The number of hydrogen-bond acceptors (Lipinski definition) is 6. The van der Waals surface area contributed by atoms with E-state index in [-0.39, 0.29) is 5.76 Å². The lowest BCUT2D eigenvalue weighted by Crippen LogP contribution is -2.16. The molecule has 0 N–H and O–H groups in total. The molecule has 25 heavy (non-hydrogen) atoms. The summed E-state index contributed by atoms with van der Waals surface area (Å²) in [6, 6.07) is 8.04. The van der Waals surface area contributed by atoms with Crippen LogP contribution in [0, 0.1) is 10.1 Å². The van der Waals surface area contributed by atoms with E-state index < -0.39 is 16.7 Å².